The first-order chi connectivity index (χ1) is 8.34. The maximum absolute atomic E-state index is 11.9. The Morgan fingerprint density at radius 3 is 2.67 bits per heavy atom. The van der Waals surface area contributed by atoms with Crippen molar-refractivity contribution in [1.82, 2.24) is 0 Å². The summed E-state index contributed by atoms with van der Waals surface area (Å²) in [5, 5.41) is 8.52. The van der Waals surface area contributed by atoms with Crippen LogP contribution in [-0.2, 0) is 19.4 Å². The number of nitrogens with zero attached hydrogens (tertiary/aromatic N) is 1. The van der Waals surface area contributed by atoms with Crippen LogP contribution in [-0.4, -0.2) is 32.0 Å². The molecule has 0 bridgehead atoms. The van der Waals surface area contributed by atoms with E-state index in [9.17, 15) is 18.5 Å². The molecule has 6 heteroatoms. The maximum atomic E-state index is 11.9. The van der Waals surface area contributed by atoms with Gasteiger partial charge in [-0.1, -0.05) is 13.5 Å². The minimum Gasteiger partial charge on any atom is -0.465 e. The summed E-state index contributed by atoms with van der Waals surface area (Å²) in [5.41, 5.74) is -1.16. The Kier molecular flexibility index (Phi) is 4.17. The van der Waals surface area contributed by atoms with Crippen molar-refractivity contribution in [2.75, 3.05) is 12.4 Å². The van der Waals surface area contributed by atoms with Crippen molar-refractivity contribution in [3.63, 3.8) is 0 Å². The molecular formula is C12H17NO4S. The van der Waals surface area contributed by atoms with Crippen LogP contribution in [0.4, 0.5) is 0 Å². The zero-order chi connectivity index (χ0) is 14.0. The van der Waals surface area contributed by atoms with E-state index in [2.05, 4.69) is 6.58 Å². The van der Waals surface area contributed by atoms with Crippen molar-refractivity contribution in [2.24, 2.45) is 5.41 Å². The van der Waals surface area contributed by atoms with Crippen LogP contribution in [0.25, 0.3) is 0 Å². The van der Waals surface area contributed by atoms with Gasteiger partial charge < -0.3 is 4.74 Å². The van der Waals surface area contributed by atoms with Crippen molar-refractivity contribution in [2.45, 2.75) is 31.9 Å². The Labute approximate surface area is 107 Å². The predicted molar refractivity (Wildman–Crippen MR) is 66.3 cm³/mol. The van der Waals surface area contributed by atoms with Gasteiger partial charge in [-0.15, -0.1) is 0 Å². The molecule has 0 aromatic carbocycles. The van der Waals surface area contributed by atoms with Crippen LogP contribution in [0.5, 0.6) is 0 Å². The summed E-state index contributed by atoms with van der Waals surface area (Å²) in [5.74, 6) is -0.693. The van der Waals surface area contributed by atoms with Crippen molar-refractivity contribution in [3.05, 3.63) is 12.2 Å². The SMILES string of the molecule is C=C1C[C@H](S(=O)(=O)CC)C[C@]1(C#N)C(=O)OCC. The zero-order valence-electron chi connectivity index (χ0n) is 10.6. The first-order valence-electron chi connectivity index (χ1n) is 5.82. The second kappa shape index (κ2) is 5.11. The molecule has 0 aliphatic heterocycles. The molecule has 0 spiro atoms. The van der Waals surface area contributed by atoms with E-state index in [0.717, 1.165) is 0 Å². The molecule has 2 atom stereocenters. The molecule has 0 unspecified atom stereocenters. The lowest BCUT2D eigenvalue weighted by atomic mass is 9.85. The van der Waals surface area contributed by atoms with E-state index in [0.29, 0.717) is 5.57 Å². The van der Waals surface area contributed by atoms with Crippen LogP contribution < -0.4 is 0 Å². The molecule has 0 radical (unpaired) electrons. The van der Waals surface area contributed by atoms with Gasteiger partial charge in [0.1, 0.15) is 0 Å². The molecule has 0 heterocycles. The van der Waals surface area contributed by atoms with Gasteiger partial charge in [0.15, 0.2) is 15.3 Å². The molecule has 0 aromatic heterocycles. The molecule has 1 fully saturated rings. The van der Waals surface area contributed by atoms with Crippen LogP contribution in [0.15, 0.2) is 12.2 Å². The number of esters is 1. The molecule has 100 valence electrons. The summed E-state index contributed by atoms with van der Waals surface area (Å²) in [6.07, 6.45) is 0.111. The summed E-state index contributed by atoms with van der Waals surface area (Å²) in [6, 6.07) is 1.90. The molecule has 0 N–H and O–H groups in total. The molecule has 5 nitrogen and oxygen atoms in total. The molecule has 0 saturated heterocycles. The third-order valence-corrected chi connectivity index (χ3v) is 5.49. The maximum Gasteiger partial charge on any atom is 0.330 e. The van der Waals surface area contributed by atoms with Gasteiger partial charge in [-0.25, -0.2) is 13.2 Å². The van der Waals surface area contributed by atoms with E-state index in [1.165, 1.54) is 0 Å². The smallest absolute Gasteiger partial charge is 0.330 e. The minimum atomic E-state index is -3.28. The first-order valence-corrected chi connectivity index (χ1v) is 7.54. The number of carbonyl (C=O) groups excluding carboxylic acids is 1. The normalized spacial score (nSPS) is 27.8. The second-order valence-corrected chi connectivity index (χ2v) is 6.89. The van der Waals surface area contributed by atoms with Crippen LogP contribution in [0.3, 0.4) is 0 Å². The molecule has 0 amide bonds. The number of carbonyl (C=O) groups is 1. The quantitative estimate of drug-likeness (QED) is 0.567. The van der Waals surface area contributed by atoms with Crippen LogP contribution >= 0.6 is 0 Å². The number of rotatable bonds is 4. The lowest BCUT2D eigenvalue weighted by molar-refractivity contribution is -0.149. The Morgan fingerprint density at radius 1 is 1.61 bits per heavy atom. The summed E-state index contributed by atoms with van der Waals surface area (Å²) >= 11 is 0. The van der Waals surface area contributed by atoms with Gasteiger partial charge >= 0.3 is 5.97 Å². The third-order valence-electron chi connectivity index (χ3n) is 3.34. The van der Waals surface area contributed by atoms with Crippen LogP contribution in [0, 0.1) is 16.7 Å². The number of hydrogen-bond donors (Lipinski definition) is 0. The molecule has 1 saturated carbocycles. The lowest BCUT2D eigenvalue weighted by Gasteiger charge is -2.19. The fourth-order valence-corrected chi connectivity index (χ4v) is 3.58. The average molecular weight is 271 g/mol. The monoisotopic (exact) mass is 271 g/mol. The summed E-state index contributed by atoms with van der Waals surface area (Å²) < 4.78 is 28.5. The lowest BCUT2D eigenvalue weighted by Crippen LogP contribution is -2.32. The summed E-state index contributed by atoms with van der Waals surface area (Å²) in [4.78, 5) is 11.9. The Hall–Kier alpha value is -1.35. The predicted octanol–water partition coefficient (Wildman–Crippen LogP) is 1.21. The van der Waals surface area contributed by atoms with E-state index in [4.69, 9.17) is 4.74 Å². The highest BCUT2D eigenvalue weighted by atomic mass is 32.2. The molecule has 1 aliphatic carbocycles. The number of hydrogen-bond acceptors (Lipinski definition) is 5. The van der Waals surface area contributed by atoms with E-state index in [-0.39, 0.29) is 25.2 Å². The van der Waals surface area contributed by atoms with Gasteiger partial charge in [0, 0.05) is 5.75 Å². The van der Waals surface area contributed by atoms with Gasteiger partial charge in [-0.05, 0) is 25.3 Å². The highest BCUT2D eigenvalue weighted by molar-refractivity contribution is 7.92. The van der Waals surface area contributed by atoms with Crippen molar-refractivity contribution < 1.29 is 17.9 Å². The van der Waals surface area contributed by atoms with Gasteiger partial charge in [-0.3, -0.25) is 0 Å². The van der Waals surface area contributed by atoms with Crippen LogP contribution in [0.1, 0.15) is 26.7 Å². The molecule has 1 aliphatic rings. The van der Waals surface area contributed by atoms with E-state index < -0.39 is 26.5 Å². The fraction of sp³-hybridized carbons (Fsp3) is 0.667. The van der Waals surface area contributed by atoms with Crippen LogP contribution in [0.2, 0.25) is 0 Å². The molecule has 0 aromatic rings. The Morgan fingerprint density at radius 2 is 2.22 bits per heavy atom. The van der Waals surface area contributed by atoms with Gasteiger partial charge in [0.25, 0.3) is 0 Å². The first kappa shape index (κ1) is 14.7. The topological polar surface area (TPSA) is 84.2 Å². The third kappa shape index (κ3) is 2.27. The van der Waals surface area contributed by atoms with Crippen molar-refractivity contribution in [1.29, 1.82) is 5.26 Å². The Balaban J connectivity index is 3.09. The number of ether oxygens (including phenoxy) is 1. The molecule has 18 heavy (non-hydrogen) atoms. The molecular weight excluding hydrogens is 254 g/mol. The van der Waals surface area contributed by atoms with Gasteiger partial charge in [-0.2, -0.15) is 5.26 Å². The van der Waals surface area contributed by atoms with E-state index >= 15 is 0 Å². The standard InChI is InChI=1S/C12H17NO4S/c1-4-17-11(14)12(8-13)7-10(6-9(12)3)18(15,16)5-2/h10H,3-7H2,1-2H3/t10-,12+/m0/s1. The largest absolute Gasteiger partial charge is 0.465 e. The summed E-state index contributed by atoms with van der Waals surface area (Å²) in [6.45, 7) is 7.04. The highest BCUT2D eigenvalue weighted by Gasteiger charge is 2.53. The summed E-state index contributed by atoms with van der Waals surface area (Å²) in [7, 11) is -3.28. The number of nitriles is 1. The number of sulfone groups is 1. The minimum absolute atomic E-state index is 0.00468. The van der Waals surface area contributed by atoms with Crippen molar-refractivity contribution in [3.8, 4) is 6.07 Å². The van der Waals surface area contributed by atoms with Gasteiger partial charge in [0.05, 0.1) is 17.9 Å². The average Bonchev–Trinajstić information content (AvgIpc) is 2.68. The van der Waals surface area contributed by atoms with E-state index in [1.54, 1.807) is 13.8 Å². The van der Waals surface area contributed by atoms with Crippen molar-refractivity contribution >= 4 is 15.8 Å². The highest BCUT2D eigenvalue weighted by Crippen LogP contribution is 2.45. The fourth-order valence-electron chi connectivity index (χ4n) is 2.15. The molecule has 1 rings (SSSR count). The Bertz CT molecular complexity index is 503. The second-order valence-electron chi connectivity index (χ2n) is 4.32. The zero-order valence-corrected chi connectivity index (χ0v) is 11.4. The van der Waals surface area contributed by atoms with Gasteiger partial charge in [0.2, 0.25) is 0 Å². The van der Waals surface area contributed by atoms with E-state index in [1.807, 2.05) is 6.07 Å².